The van der Waals surface area contributed by atoms with Crippen molar-refractivity contribution >= 4 is 5.82 Å². The quantitative estimate of drug-likeness (QED) is 0.766. The number of hydrogen-bond acceptors (Lipinski definition) is 6. The van der Waals surface area contributed by atoms with Crippen LogP contribution in [0.1, 0.15) is 0 Å². The van der Waals surface area contributed by atoms with E-state index in [1.807, 2.05) is 0 Å². The molecule has 1 aromatic heterocycles. The van der Waals surface area contributed by atoms with Crippen molar-refractivity contribution in [1.29, 1.82) is 0 Å². The van der Waals surface area contributed by atoms with Crippen LogP contribution in [-0.2, 0) is 4.74 Å². The number of hydrogen-bond donors (Lipinski definition) is 1. The SMILES string of the molecule is COc1cc(NN2CCOCC2)ncn1. The number of nitrogens with zero attached hydrogens (tertiary/aromatic N) is 3. The molecule has 15 heavy (non-hydrogen) atoms. The maximum absolute atomic E-state index is 5.24. The molecular weight excluding hydrogens is 196 g/mol. The van der Waals surface area contributed by atoms with Gasteiger partial charge in [0.15, 0.2) is 0 Å². The second-order valence-corrected chi connectivity index (χ2v) is 3.16. The Morgan fingerprint density at radius 3 is 2.93 bits per heavy atom. The molecule has 0 atom stereocenters. The summed E-state index contributed by atoms with van der Waals surface area (Å²) in [7, 11) is 1.58. The summed E-state index contributed by atoms with van der Waals surface area (Å²) >= 11 is 0. The molecule has 6 heteroatoms. The van der Waals surface area contributed by atoms with E-state index in [0.29, 0.717) is 5.88 Å². The van der Waals surface area contributed by atoms with E-state index in [0.717, 1.165) is 32.1 Å². The average Bonchev–Trinajstić information content (AvgIpc) is 2.31. The number of hydrazine groups is 1. The number of morpholine rings is 1. The van der Waals surface area contributed by atoms with E-state index < -0.39 is 0 Å². The normalized spacial score (nSPS) is 17.4. The summed E-state index contributed by atoms with van der Waals surface area (Å²) in [4.78, 5) is 8.03. The lowest BCUT2D eigenvalue weighted by Gasteiger charge is -2.27. The van der Waals surface area contributed by atoms with E-state index in [9.17, 15) is 0 Å². The van der Waals surface area contributed by atoms with Crippen LogP contribution in [0.5, 0.6) is 5.88 Å². The molecule has 82 valence electrons. The molecule has 0 spiro atoms. The minimum Gasteiger partial charge on any atom is -0.481 e. The maximum Gasteiger partial charge on any atom is 0.218 e. The number of aromatic nitrogens is 2. The first-order chi connectivity index (χ1) is 7.38. The summed E-state index contributed by atoms with van der Waals surface area (Å²) in [5.41, 5.74) is 3.18. The van der Waals surface area contributed by atoms with Crippen LogP contribution in [-0.4, -0.2) is 48.4 Å². The molecule has 0 unspecified atom stereocenters. The topological polar surface area (TPSA) is 59.5 Å². The van der Waals surface area contributed by atoms with Gasteiger partial charge in [-0.25, -0.2) is 15.0 Å². The van der Waals surface area contributed by atoms with Crippen LogP contribution >= 0.6 is 0 Å². The van der Waals surface area contributed by atoms with Gasteiger partial charge >= 0.3 is 0 Å². The van der Waals surface area contributed by atoms with Crippen molar-refractivity contribution in [3.05, 3.63) is 12.4 Å². The molecule has 2 heterocycles. The first-order valence-corrected chi connectivity index (χ1v) is 4.84. The van der Waals surface area contributed by atoms with E-state index in [1.165, 1.54) is 6.33 Å². The summed E-state index contributed by atoms with van der Waals surface area (Å²) in [5.74, 6) is 1.30. The van der Waals surface area contributed by atoms with Crippen molar-refractivity contribution in [2.75, 3.05) is 38.8 Å². The fraction of sp³-hybridized carbons (Fsp3) is 0.556. The third-order valence-corrected chi connectivity index (χ3v) is 2.13. The molecule has 1 aliphatic rings. The molecule has 0 amide bonds. The van der Waals surface area contributed by atoms with Crippen molar-refractivity contribution in [3.8, 4) is 5.88 Å². The molecule has 6 nitrogen and oxygen atoms in total. The van der Waals surface area contributed by atoms with Crippen molar-refractivity contribution in [3.63, 3.8) is 0 Å². The second-order valence-electron chi connectivity index (χ2n) is 3.16. The highest BCUT2D eigenvalue weighted by Crippen LogP contribution is 2.11. The van der Waals surface area contributed by atoms with E-state index in [2.05, 4.69) is 20.4 Å². The van der Waals surface area contributed by atoms with E-state index in [4.69, 9.17) is 9.47 Å². The number of rotatable bonds is 3. The van der Waals surface area contributed by atoms with Gasteiger partial charge in [0.05, 0.1) is 20.3 Å². The van der Waals surface area contributed by atoms with E-state index in [1.54, 1.807) is 13.2 Å². The largest absolute Gasteiger partial charge is 0.481 e. The zero-order valence-corrected chi connectivity index (χ0v) is 8.64. The second kappa shape index (κ2) is 4.90. The van der Waals surface area contributed by atoms with Crippen LogP contribution in [0.3, 0.4) is 0 Å². The van der Waals surface area contributed by atoms with Gasteiger partial charge in [-0.2, -0.15) is 0 Å². The van der Waals surface area contributed by atoms with Gasteiger partial charge in [0, 0.05) is 19.2 Å². The lowest BCUT2D eigenvalue weighted by atomic mass is 10.5. The predicted molar refractivity (Wildman–Crippen MR) is 54.6 cm³/mol. The van der Waals surface area contributed by atoms with Crippen molar-refractivity contribution in [2.24, 2.45) is 0 Å². The highest BCUT2D eigenvalue weighted by molar-refractivity contribution is 5.35. The Balaban J connectivity index is 1.96. The minimum absolute atomic E-state index is 0.556. The maximum atomic E-state index is 5.24. The molecule has 0 aliphatic carbocycles. The molecule has 2 rings (SSSR count). The van der Waals surface area contributed by atoms with Crippen LogP contribution in [0, 0.1) is 0 Å². The molecule has 1 aliphatic heterocycles. The lowest BCUT2D eigenvalue weighted by Crippen LogP contribution is -2.40. The fourth-order valence-electron chi connectivity index (χ4n) is 1.35. The highest BCUT2D eigenvalue weighted by Gasteiger charge is 2.10. The molecule has 1 fully saturated rings. The van der Waals surface area contributed by atoms with E-state index >= 15 is 0 Å². The van der Waals surface area contributed by atoms with Crippen molar-refractivity contribution in [2.45, 2.75) is 0 Å². The Labute approximate surface area is 88.2 Å². The van der Waals surface area contributed by atoms with Crippen LogP contribution in [0.25, 0.3) is 0 Å². The Kier molecular flexibility index (Phi) is 3.31. The fourth-order valence-corrected chi connectivity index (χ4v) is 1.35. The Hall–Kier alpha value is -1.40. The van der Waals surface area contributed by atoms with Gasteiger partial charge in [-0.1, -0.05) is 0 Å². The van der Waals surface area contributed by atoms with Crippen LogP contribution in [0.4, 0.5) is 5.82 Å². The molecule has 0 saturated carbocycles. The number of ether oxygens (including phenoxy) is 2. The van der Waals surface area contributed by atoms with Gasteiger partial charge in [0.2, 0.25) is 5.88 Å². The van der Waals surface area contributed by atoms with Gasteiger partial charge in [-0.3, -0.25) is 0 Å². The zero-order chi connectivity index (χ0) is 10.5. The smallest absolute Gasteiger partial charge is 0.218 e. The lowest BCUT2D eigenvalue weighted by molar-refractivity contribution is 0.0494. The van der Waals surface area contributed by atoms with E-state index in [-0.39, 0.29) is 0 Å². The predicted octanol–water partition coefficient (Wildman–Crippen LogP) is 0.144. The standard InChI is InChI=1S/C9H14N4O2/c1-14-9-6-8(10-7-11-9)12-13-2-4-15-5-3-13/h6-7H,2-5H2,1H3,(H,10,11,12). The van der Waals surface area contributed by atoms with Crippen LogP contribution in [0.15, 0.2) is 12.4 Å². The Bertz CT molecular complexity index is 315. The molecule has 0 aromatic carbocycles. The molecule has 0 bridgehead atoms. The minimum atomic E-state index is 0.556. The summed E-state index contributed by atoms with van der Waals surface area (Å²) in [5, 5.41) is 2.06. The Morgan fingerprint density at radius 2 is 2.20 bits per heavy atom. The number of methoxy groups -OCH3 is 1. The molecule has 1 aromatic rings. The summed E-state index contributed by atoms with van der Waals surface area (Å²) in [6.45, 7) is 3.20. The molecule has 0 radical (unpaired) electrons. The van der Waals surface area contributed by atoms with Crippen LogP contribution < -0.4 is 10.2 Å². The molecular formula is C9H14N4O2. The number of nitrogens with one attached hydrogen (secondary N) is 1. The highest BCUT2D eigenvalue weighted by atomic mass is 16.5. The monoisotopic (exact) mass is 210 g/mol. The summed E-state index contributed by atoms with van der Waals surface area (Å²) < 4.78 is 10.3. The zero-order valence-electron chi connectivity index (χ0n) is 8.64. The van der Waals surface area contributed by atoms with Crippen LogP contribution in [0.2, 0.25) is 0 Å². The third-order valence-electron chi connectivity index (χ3n) is 2.13. The van der Waals surface area contributed by atoms with Crippen molar-refractivity contribution < 1.29 is 9.47 Å². The van der Waals surface area contributed by atoms with Crippen molar-refractivity contribution in [1.82, 2.24) is 15.0 Å². The molecule has 1 saturated heterocycles. The molecule has 1 N–H and O–H groups in total. The van der Waals surface area contributed by atoms with Gasteiger partial charge in [-0.05, 0) is 0 Å². The van der Waals surface area contributed by atoms with Gasteiger partial charge < -0.3 is 14.9 Å². The average molecular weight is 210 g/mol. The van der Waals surface area contributed by atoms with Gasteiger partial charge in [0.25, 0.3) is 0 Å². The third kappa shape index (κ3) is 2.77. The number of anilines is 1. The Morgan fingerprint density at radius 1 is 1.40 bits per heavy atom. The summed E-state index contributed by atoms with van der Waals surface area (Å²) in [6, 6.07) is 1.76. The first-order valence-electron chi connectivity index (χ1n) is 4.84. The summed E-state index contributed by atoms with van der Waals surface area (Å²) in [6.07, 6.45) is 1.47. The van der Waals surface area contributed by atoms with Gasteiger partial charge in [-0.15, -0.1) is 0 Å². The van der Waals surface area contributed by atoms with Gasteiger partial charge in [0.1, 0.15) is 12.1 Å². The first kappa shape index (κ1) is 10.1.